The van der Waals surface area contributed by atoms with Crippen LogP contribution >= 0.6 is 0 Å². The molecule has 0 bridgehead atoms. The monoisotopic (exact) mass is 426 g/mol. The summed E-state index contributed by atoms with van der Waals surface area (Å²) >= 11 is 0. The first-order chi connectivity index (χ1) is 14.4. The van der Waals surface area contributed by atoms with Crippen molar-refractivity contribution < 1.29 is 5.11 Å². The van der Waals surface area contributed by atoms with E-state index in [-0.39, 0.29) is 16.9 Å². The zero-order valence-electron chi connectivity index (χ0n) is 21.8. The van der Waals surface area contributed by atoms with Crippen LogP contribution in [0, 0.1) is 51.2 Å². The van der Waals surface area contributed by atoms with Gasteiger partial charge in [0, 0.05) is 5.41 Å². The molecule has 0 amide bonds. The van der Waals surface area contributed by atoms with E-state index in [1.807, 2.05) is 0 Å². The van der Waals surface area contributed by atoms with Gasteiger partial charge in [-0.05, 0) is 77.9 Å². The van der Waals surface area contributed by atoms with E-state index in [1.54, 1.807) is 5.57 Å². The number of aliphatic hydroxyl groups is 1. The average Bonchev–Trinajstić information content (AvgIpc) is 2.96. The lowest BCUT2D eigenvalue weighted by atomic mass is 9.40. The van der Waals surface area contributed by atoms with E-state index < -0.39 is 0 Å². The standard InChI is InChI=1S/C30H50O/c1-20(2)10-9-11-21(3)22-14-18-30(8)24-12-13-25-27(4,5)26(31)16-17-28(25,6)23(24)15-19-29(22,30)7/h13-14,18,20-24,26,31H,9-12,15-17,19H2,1-8H3. The van der Waals surface area contributed by atoms with Gasteiger partial charge in [-0.15, -0.1) is 0 Å². The van der Waals surface area contributed by atoms with Crippen molar-refractivity contribution in [3.63, 3.8) is 0 Å². The number of hydrogen-bond donors (Lipinski definition) is 1. The molecule has 0 aliphatic heterocycles. The Morgan fingerprint density at radius 2 is 1.68 bits per heavy atom. The third-order valence-electron chi connectivity index (χ3n) is 11.4. The summed E-state index contributed by atoms with van der Waals surface area (Å²) in [5, 5.41) is 10.8. The molecule has 0 aromatic heterocycles. The van der Waals surface area contributed by atoms with E-state index in [0.29, 0.717) is 10.8 Å². The molecular formula is C30H50O. The van der Waals surface area contributed by atoms with Crippen LogP contribution in [0.25, 0.3) is 0 Å². The van der Waals surface area contributed by atoms with Crippen LogP contribution < -0.4 is 0 Å². The second-order valence-electron chi connectivity index (χ2n) is 13.7. The van der Waals surface area contributed by atoms with Gasteiger partial charge in [-0.25, -0.2) is 0 Å². The molecule has 0 spiro atoms. The number of aliphatic hydroxyl groups excluding tert-OH is 1. The van der Waals surface area contributed by atoms with Gasteiger partial charge in [-0.2, -0.15) is 0 Å². The summed E-state index contributed by atoms with van der Waals surface area (Å²) in [7, 11) is 0. The summed E-state index contributed by atoms with van der Waals surface area (Å²) in [6.45, 7) is 19.6. The van der Waals surface area contributed by atoms with Gasteiger partial charge in [0.1, 0.15) is 0 Å². The van der Waals surface area contributed by atoms with Crippen molar-refractivity contribution in [1.82, 2.24) is 0 Å². The largest absolute Gasteiger partial charge is 0.392 e. The fourth-order valence-electron chi connectivity index (χ4n) is 9.11. The molecular weight excluding hydrogens is 376 g/mol. The highest BCUT2D eigenvalue weighted by Crippen LogP contribution is 2.71. The maximum Gasteiger partial charge on any atom is 0.0628 e. The molecule has 4 aliphatic rings. The molecule has 2 fully saturated rings. The van der Waals surface area contributed by atoms with Gasteiger partial charge in [0.05, 0.1) is 6.10 Å². The SMILES string of the molecule is CC(C)CCCC(C)C1C=CC2(C)C3CC=C4C(C)(C)C(O)CCC4(C)C3CCC12C. The predicted molar refractivity (Wildman–Crippen MR) is 133 cm³/mol. The summed E-state index contributed by atoms with van der Waals surface area (Å²) in [5.74, 6) is 3.85. The molecule has 1 nitrogen and oxygen atoms in total. The molecule has 1 N–H and O–H groups in total. The Morgan fingerprint density at radius 1 is 0.968 bits per heavy atom. The lowest BCUT2D eigenvalue weighted by Crippen LogP contribution is -2.58. The second kappa shape index (κ2) is 7.75. The van der Waals surface area contributed by atoms with Gasteiger partial charge in [-0.1, -0.05) is 98.5 Å². The van der Waals surface area contributed by atoms with E-state index in [4.69, 9.17) is 0 Å². The number of fused-ring (bicyclic) bond motifs is 5. The fourth-order valence-corrected chi connectivity index (χ4v) is 9.11. The molecule has 0 radical (unpaired) electrons. The van der Waals surface area contributed by atoms with Crippen LogP contribution in [0.15, 0.2) is 23.8 Å². The zero-order chi connectivity index (χ0) is 22.8. The fraction of sp³-hybridized carbons (Fsp3) is 0.867. The van der Waals surface area contributed by atoms with Crippen LogP contribution in [-0.4, -0.2) is 11.2 Å². The molecule has 2 saturated carbocycles. The molecule has 0 aromatic rings. The maximum absolute atomic E-state index is 10.8. The highest BCUT2D eigenvalue weighted by molar-refractivity contribution is 5.34. The number of hydrogen-bond acceptors (Lipinski definition) is 1. The van der Waals surface area contributed by atoms with Gasteiger partial charge in [-0.3, -0.25) is 0 Å². The Labute approximate surface area is 193 Å². The Morgan fingerprint density at radius 3 is 2.35 bits per heavy atom. The summed E-state index contributed by atoms with van der Waals surface area (Å²) in [4.78, 5) is 0. The summed E-state index contributed by atoms with van der Waals surface area (Å²) in [6.07, 6.45) is 17.9. The minimum atomic E-state index is -0.185. The van der Waals surface area contributed by atoms with Crippen molar-refractivity contribution in [3.8, 4) is 0 Å². The summed E-state index contributed by atoms with van der Waals surface area (Å²) < 4.78 is 0. The highest BCUT2D eigenvalue weighted by Gasteiger charge is 2.64. The topological polar surface area (TPSA) is 20.2 Å². The first-order valence-corrected chi connectivity index (χ1v) is 13.5. The van der Waals surface area contributed by atoms with Crippen molar-refractivity contribution in [3.05, 3.63) is 23.8 Å². The first kappa shape index (κ1) is 23.6. The van der Waals surface area contributed by atoms with Crippen LogP contribution in [0.4, 0.5) is 0 Å². The third kappa shape index (κ3) is 3.34. The number of rotatable bonds is 5. The average molecular weight is 427 g/mol. The highest BCUT2D eigenvalue weighted by atomic mass is 16.3. The molecule has 0 aromatic carbocycles. The number of allylic oxidation sites excluding steroid dienone is 3. The van der Waals surface area contributed by atoms with Gasteiger partial charge in [0.15, 0.2) is 0 Å². The van der Waals surface area contributed by atoms with Crippen LogP contribution in [0.2, 0.25) is 0 Å². The van der Waals surface area contributed by atoms with Crippen LogP contribution in [0.3, 0.4) is 0 Å². The van der Waals surface area contributed by atoms with E-state index in [1.165, 1.54) is 38.5 Å². The van der Waals surface area contributed by atoms with E-state index in [2.05, 4.69) is 73.6 Å². The summed E-state index contributed by atoms with van der Waals surface area (Å²) in [6, 6.07) is 0. The van der Waals surface area contributed by atoms with E-state index in [9.17, 15) is 5.11 Å². The zero-order valence-corrected chi connectivity index (χ0v) is 21.8. The van der Waals surface area contributed by atoms with E-state index >= 15 is 0 Å². The molecule has 8 atom stereocenters. The molecule has 8 unspecified atom stereocenters. The minimum Gasteiger partial charge on any atom is -0.392 e. The molecule has 4 rings (SSSR count). The van der Waals surface area contributed by atoms with Gasteiger partial charge >= 0.3 is 0 Å². The quantitative estimate of drug-likeness (QED) is 0.439. The third-order valence-corrected chi connectivity index (χ3v) is 11.4. The van der Waals surface area contributed by atoms with Crippen LogP contribution in [0.1, 0.15) is 107 Å². The Kier molecular flexibility index (Phi) is 5.90. The Hall–Kier alpha value is -0.560. The van der Waals surface area contributed by atoms with Crippen molar-refractivity contribution in [2.75, 3.05) is 0 Å². The lowest BCUT2D eigenvalue weighted by molar-refractivity contribution is -0.111. The Balaban J connectivity index is 1.60. The minimum absolute atomic E-state index is 0.0708. The molecule has 31 heavy (non-hydrogen) atoms. The normalized spacial score (nSPS) is 46.8. The van der Waals surface area contributed by atoms with Crippen LogP contribution in [0.5, 0.6) is 0 Å². The first-order valence-electron chi connectivity index (χ1n) is 13.5. The predicted octanol–water partition coefficient (Wildman–Crippen LogP) is 8.19. The van der Waals surface area contributed by atoms with Crippen molar-refractivity contribution in [2.45, 2.75) is 113 Å². The molecule has 0 heterocycles. The van der Waals surface area contributed by atoms with Gasteiger partial charge in [0.2, 0.25) is 0 Å². The van der Waals surface area contributed by atoms with Crippen molar-refractivity contribution >= 4 is 0 Å². The van der Waals surface area contributed by atoms with Gasteiger partial charge in [0.25, 0.3) is 0 Å². The summed E-state index contributed by atoms with van der Waals surface area (Å²) in [5.41, 5.74) is 2.48. The maximum atomic E-state index is 10.8. The molecule has 0 saturated heterocycles. The molecule has 1 heteroatoms. The smallest absolute Gasteiger partial charge is 0.0628 e. The Bertz CT molecular complexity index is 744. The van der Waals surface area contributed by atoms with Gasteiger partial charge < -0.3 is 5.11 Å². The lowest BCUT2D eigenvalue weighted by Gasteiger charge is -2.64. The molecule has 4 aliphatic carbocycles. The van der Waals surface area contributed by atoms with Crippen molar-refractivity contribution in [2.24, 2.45) is 51.2 Å². The molecule has 176 valence electrons. The second-order valence-corrected chi connectivity index (χ2v) is 13.7. The van der Waals surface area contributed by atoms with Crippen molar-refractivity contribution in [1.29, 1.82) is 0 Å². The van der Waals surface area contributed by atoms with E-state index in [0.717, 1.165) is 42.4 Å². The van der Waals surface area contributed by atoms with Crippen LogP contribution in [-0.2, 0) is 0 Å².